The molecule has 0 saturated heterocycles. The summed E-state index contributed by atoms with van der Waals surface area (Å²) in [5.41, 5.74) is 1.79. The van der Waals surface area contributed by atoms with Gasteiger partial charge < -0.3 is 0 Å². The second-order valence-corrected chi connectivity index (χ2v) is 1.43. The van der Waals surface area contributed by atoms with Gasteiger partial charge in [-0.2, -0.15) is 0 Å². The fourth-order valence-corrected chi connectivity index (χ4v) is 0.527. The molecule has 1 nitrogen and oxygen atoms in total. The topological polar surface area (TPSA) is 12.9 Å². The Hall–Kier alpha value is 1.21. The Balaban J connectivity index is 0.000000250. The van der Waals surface area contributed by atoms with Crippen molar-refractivity contribution in [1.82, 2.24) is 4.98 Å². The zero-order chi connectivity index (χ0) is 3.54. The van der Waals surface area contributed by atoms with Crippen LogP contribution in [0.2, 0.25) is 0 Å². The van der Waals surface area contributed by atoms with E-state index >= 15 is 0 Å². The number of hydrogen-bond acceptors (Lipinski definition) is 2. The van der Waals surface area contributed by atoms with Gasteiger partial charge in [0.05, 0.1) is 5.51 Å². The van der Waals surface area contributed by atoms with Gasteiger partial charge in [0.25, 0.3) is 0 Å². The van der Waals surface area contributed by atoms with E-state index in [1.165, 1.54) is 0 Å². The standard InChI is InChI=1S/C3H3NS.Eu/c1-2-5-3-4-1;/h1-3H;. The molecule has 0 aliphatic heterocycles. The number of thiazole rings is 1. The molecule has 1 aromatic rings. The molecule has 0 unspecified atom stereocenters. The number of nitrogens with zero attached hydrogens (tertiary/aromatic N) is 1. The van der Waals surface area contributed by atoms with Crippen LogP contribution in [0.1, 0.15) is 0 Å². The summed E-state index contributed by atoms with van der Waals surface area (Å²) in [5.74, 6) is 0. The van der Waals surface area contributed by atoms with Gasteiger partial charge in [0, 0.05) is 61.0 Å². The Kier molecular flexibility index (Phi) is 5.26. The molecule has 0 saturated carbocycles. The monoisotopic (exact) mass is 238 g/mol. The Morgan fingerprint density at radius 3 is 2.50 bits per heavy atom. The van der Waals surface area contributed by atoms with Gasteiger partial charge in [-0.1, -0.05) is 0 Å². The number of hydrogen-bond donors (Lipinski definition) is 0. The molecule has 0 aliphatic carbocycles. The Labute approximate surface area is 81.3 Å². The fraction of sp³-hybridized carbons (Fsp3) is 0. The molecule has 6 heavy (non-hydrogen) atoms. The van der Waals surface area contributed by atoms with Crippen LogP contribution in [0.5, 0.6) is 0 Å². The van der Waals surface area contributed by atoms with Crippen LogP contribution in [0.3, 0.4) is 0 Å². The Morgan fingerprint density at radius 1 is 1.50 bits per heavy atom. The maximum Gasteiger partial charge on any atom is 0.0791 e. The molecular weight excluding hydrogens is 234 g/mol. The molecule has 0 spiro atoms. The van der Waals surface area contributed by atoms with Crippen LogP contribution < -0.4 is 0 Å². The third-order valence-corrected chi connectivity index (χ3v) is 0.869. The Bertz CT molecular complexity index is 67.3. The second kappa shape index (κ2) is 4.38. The molecule has 0 aliphatic rings. The fourth-order valence-electron chi connectivity index (χ4n) is 0.176. The van der Waals surface area contributed by atoms with E-state index in [4.69, 9.17) is 0 Å². The first-order chi connectivity index (χ1) is 2.50. The molecule has 0 atom stereocenters. The van der Waals surface area contributed by atoms with E-state index in [2.05, 4.69) is 4.98 Å². The molecular formula is C3H3EuNS. The predicted molar refractivity (Wildman–Crippen MR) is 22.1 cm³/mol. The van der Waals surface area contributed by atoms with Gasteiger partial charge in [0.2, 0.25) is 0 Å². The van der Waals surface area contributed by atoms with E-state index < -0.39 is 0 Å². The van der Waals surface area contributed by atoms with Crippen LogP contribution in [-0.4, -0.2) is 4.98 Å². The van der Waals surface area contributed by atoms with Crippen molar-refractivity contribution in [2.45, 2.75) is 0 Å². The van der Waals surface area contributed by atoms with Gasteiger partial charge in [-0.3, -0.25) is 4.98 Å². The minimum absolute atomic E-state index is 0. The first-order valence-electron chi connectivity index (χ1n) is 1.32. The maximum atomic E-state index is 3.74. The largest absolute Gasteiger partial charge is 0.253 e. The summed E-state index contributed by atoms with van der Waals surface area (Å²) in [4.78, 5) is 3.74. The third-order valence-electron chi connectivity index (χ3n) is 0.347. The summed E-state index contributed by atoms with van der Waals surface area (Å²) in [7, 11) is 0. The number of rotatable bonds is 0. The first kappa shape index (κ1) is 7.21. The van der Waals surface area contributed by atoms with Crippen LogP contribution in [0.15, 0.2) is 17.1 Å². The smallest absolute Gasteiger partial charge is 0.0791 e. The van der Waals surface area contributed by atoms with Crippen molar-refractivity contribution >= 4 is 11.3 Å². The summed E-state index contributed by atoms with van der Waals surface area (Å²) < 4.78 is 0. The van der Waals surface area contributed by atoms with Gasteiger partial charge in [-0.25, -0.2) is 0 Å². The average Bonchev–Trinajstić information content (AvgIpc) is 1.76. The normalized spacial score (nSPS) is 6.67. The molecule has 33 valence electrons. The van der Waals surface area contributed by atoms with Crippen LogP contribution in [0.4, 0.5) is 0 Å². The Morgan fingerprint density at radius 2 is 2.33 bits per heavy atom. The molecule has 0 fully saturated rings. The van der Waals surface area contributed by atoms with Crippen molar-refractivity contribution in [2.75, 3.05) is 0 Å². The molecule has 0 bridgehead atoms. The maximum absolute atomic E-state index is 3.74. The minimum Gasteiger partial charge on any atom is -0.253 e. The molecule has 1 rings (SSSR count). The van der Waals surface area contributed by atoms with Crippen molar-refractivity contribution in [2.24, 2.45) is 0 Å². The molecule has 0 amide bonds. The van der Waals surface area contributed by atoms with E-state index in [9.17, 15) is 0 Å². The molecule has 1 aromatic heterocycles. The zero-order valence-electron chi connectivity index (χ0n) is 2.97. The summed E-state index contributed by atoms with van der Waals surface area (Å²) in [6.07, 6.45) is 1.77. The van der Waals surface area contributed by atoms with E-state index in [0.29, 0.717) is 0 Å². The average molecular weight is 237 g/mol. The van der Waals surface area contributed by atoms with Gasteiger partial charge in [-0.05, 0) is 0 Å². The van der Waals surface area contributed by atoms with Crippen molar-refractivity contribution < 1.29 is 49.4 Å². The molecule has 1 radical (unpaired) electrons. The minimum atomic E-state index is 0. The van der Waals surface area contributed by atoms with Crippen LogP contribution in [0, 0.1) is 49.4 Å². The van der Waals surface area contributed by atoms with E-state index in [0.717, 1.165) is 0 Å². The van der Waals surface area contributed by atoms with Crippen molar-refractivity contribution in [3.63, 3.8) is 0 Å². The van der Waals surface area contributed by atoms with Gasteiger partial charge in [-0.15, -0.1) is 11.3 Å². The molecule has 0 N–H and O–H groups in total. The van der Waals surface area contributed by atoms with Crippen molar-refractivity contribution in [3.8, 4) is 0 Å². The zero-order valence-corrected chi connectivity index (χ0v) is 6.21. The summed E-state index contributed by atoms with van der Waals surface area (Å²) in [5, 5.41) is 1.93. The van der Waals surface area contributed by atoms with Gasteiger partial charge in [0.1, 0.15) is 0 Å². The van der Waals surface area contributed by atoms with E-state index in [1.807, 2.05) is 5.38 Å². The third kappa shape index (κ3) is 2.40. The summed E-state index contributed by atoms with van der Waals surface area (Å²) in [6.45, 7) is 0. The SMILES string of the molecule is [Eu].c1cscn1. The molecule has 3 heteroatoms. The van der Waals surface area contributed by atoms with Crippen LogP contribution in [-0.2, 0) is 0 Å². The first-order valence-corrected chi connectivity index (χ1v) is 2.26. The second-order valence-electron chi connectivity index (χ2n) is 0.676. The quantitative estimate of drug-likeness (QED) is 0.659. The van der Waals surface area contributed by atoms with E-state index in [-0.39, 0.29) is 49.4 Å². The number of aromatic nitrogens is 1. The van der Waals surface area contributed by atoms with Crippen LogP contribution in [0.25, 0.3) is 0 Å². The van der Waals surface area contributed by atoms with Gasteiger partial charge in [0.15, 0.2) is 0 Å². The molecule has 0 aromatic carbocycles. The van der Waals surface area contributed by atoms with Crippen molar-refractivity contribution in [3.05, 3.63) is 17.1 Å². The summed E-state index contributed by atoms with van der Waals surface area (Å²) >= 11 is 1.60. The van der Waals surface area contributed by atoms with E-state index in [1.54, 1.807) is 23.0 Å². The molecule has 1 heterocycles. The summed E-state index contributed by atoms with van der Waals surface area (Å²) in [6, 6.07) is 0. The predicted octanol–water partition coefficient (Wildman–Crippen LogP) is 1.14. The van der Waals surface area contributed by atoms with Gasteiger partial charge >= 0.3 is 0 Å². The van der Waals surface area contributed by atoms with Crippen molar-refractivity contribution in [1.29, 1.82) is 0 Å². The van der Waals surface area contributed by atoms with Crippen LogP contribution >= 0.6 is 11.3 Å².